The van der Waals surface area contributed by atoms with E-state index in [1.54, 1.807) is 12.1 Å². The molecule has 0 amide bonds. The number of rotatable bonds is 2. The summed E-state index contributed by atoms with van der Waals surface area (Å²) in [5.41, 5.74) is 4.63. The Morgan fingerprint density at radius 3 is 1.87 bits per heavy atom. The molecule has 4 rings (SSSR count). The van der Waals surface area contributed by atoms with Crippen molar-refractivity contribution in [2.75, 3.05) is 0 Å². The summed E-state index contributed by atoms with van der Waals surface area (Å²) in [5.74, 6) is -0.278. The molecule has 0 unspecified atom stereocenters. The third-order valence-electron chi connectivity index (χ3n) is 4.10. The zero-order chi connectivity index (χ0) is 15.8. The van der Waals surface area contributed by atoms with Crippen LogP contribution in [-0.4, -0.2) is 11.1 Å². The maximum absolute atomic E-state index is 12.4. The minimum absolute atomic E-state index is 0.123. The van der Waals surface area contributed by atoms with Gasteiger partial charge in [-0.2, -0.15) is 0 Å². The van der Waals surface area contributed by atoms with Crippen LogP contribution in [0.1, 0.15) is 27.6 Å². The van der Waals surface area contributed by atoms with E-state index in [2.05, 4.69) is 0 Å². The molecule has 23 heavy (non-hydrogen) atoms. The average Bonchev–Trinajstić information content (AvgIpc) is 2.90. The normalized spacial score (nSPS) is 12.5. The highest BCUT2D eigenvalue weighted by molar-refractivity contribution is 5.90. The summed E-state index contributed by atoms with van der Waals surface area (Å²) in [6.45, 7) is 0. The van der Waals surface area contributed by atoms with Crippen LogP contribution in [0.3, 0.4) is 0 Å². The molecule has 0 aliphatic heterocycles. The Labute approximate surface area is 133 Å². The number of carbonyl (C=O) groups excluding carboxylic acids is 1. The van der Waals surface area contributed by atoms with Crippen molar-refractivity contribution in [3.63, 3.8) is 0 Å². The van der Waals surface area contributed by atoms with Crippen molar-refractivity contribution in [1.82, 2.24) is 0 Å². The van der Waals surface area contributed by atoms with Crippen molar-refractivity contribution in [1.29, 1.82) is 0 Å². The van der Waals surface area contributed by atoms with Crippen LogP contribution in [-0.2, 0) is 4.74 Å². The first kappa shape index (κ1) is 13.6. The molecule has 3 nitrogen and oxygen atoms in total. The first-order valence-electron chi connectivity index (χ1n) is 7.42. The zero-order valence-electron chi connectivity index (χ0n) is 12.3. The van der Waals surface area contributed by atoms with Crippen molar-refractivity contribution < 1.29 is 14.6 Å². The Bertz CT molecular complexity index is 836. The van der Waals surface area contributed by atoms with Crippen LogP contribution in [0.25, 0.3) is 11.1 Å². The van der Waals surface area contributed by atoms with Crippen LogP contribution in [0.4, 0.5) is 0 Å². The maximum Gasteiger partial charge on any atom is 0.339 e. The fourth-order valence-corrected chi connectivity index (χ4v) is 3.01. The smallest absolute Gasteiger partial charge is 0.339 e. The molecule has 3 heteroatoms. The van der Waals surface area contributed by atoms with E-state index in [1.807, 2.05) is 48.5 Å². The van der Waals surface area contributed by atoms with E-state index in [1.165, 1.54) is 12.1 Å². The number of esters is 1. The molecule has 1 aliphatic rings. The second kappa shape index (κ2) is 5.29. The zero-order valence-corrected chi connectivity index (χ0v) is 12.3. The first-order valence-corrected chi connectivity index (χ1v) is 7.42. The molecule has 0 heterocycles. The summed E-state index contributed by atoms with van der Waals surface area (Å²) in [4.78, 5) is 12.4. The van der Waals surface area contributed by atoms with E-state index >= 15 is 0 Å². The van der Waals surface area contributed by atoms with E-state index in [4.69, 9.17) is 4.74 Å². The quantitative estimate of drug-likeness (QED) is 0.717. The summed E-state index contributed by atoms with van der Waals surface area (Å²) in [7, 11) is 0. The van der Waals surface area contributed by atoms with Crippen LogP contribution in [0, 0.1) is 0 Å². The number of fused-ring (bicyclic) bond motifs is 3. The fourth-order valence-electron chi connectivity index (χ4n) is 3.01. The Balaban J connectivity index is 1.71. The Hall–Kier alpha value is -3.07. The average molecular weight is 302 g/mol. The lowest BCUT2D eigenvalue weighted by molar-refractivity contribution is 0.0386. The SMILES string of the molecule is O=C(OC1c2ccccc2-c2ccccc21)c1ccc(O)cc1. The van der Waals surface area contributed by atoms with E-state index in [0.717, 1.165) is 22.3 Å². The van der Waals surface area contributed by atoms with Gasteiger partial charge in [-0.15, -0.1) is 0 Å². The molecule has 0 atom stereocenters. The van der Waals surface area contributed by atoms with E-state index < -0.39 is 12.1 Å². The summed E-state index contributed by atoms with van der Waals surface area (Å²) in [5, 5.41) is 9.33. The van der Waals surface area contributed by atoms with Gasteiger partial charge in [0.1, 0.15) is 5.75 Å². The molecular weight excluding hydrogens is 288 g/mol. The molecule has 0 bridgehead atoms. The highest BCUT2D eigenvalue weighted by Gasteiger charge is 2.31. The van der Waals surface area contributed by atoms with Crippen LogP contribution in [0.5, 0.6) is 5.75 Å². The molecule has 1 N–H and O–H groups in total. The van der Waals surface area contributed by atoms with Crippen molar-refractivity contribution >= 4 is 5.97 Å². The summed E-state index contributed by atoms with van der Waals surface area (Å²) in [6, 6.07) is 22.0. The molecule has 1 aliphatic carbocycles. The summed E-state index contributed by atoms with van der Waals surface area (Å²) in [6.07, 6.45) is -0.399. The lowest BCUT2D eigenvalue weighted by atomic mass is 10.1. The standard InChI is InChI=1S/C20H14O3/c21-14-11-9-13(10-12-14)20(22)23-19-17-7-3-1-5-15(17)16-6-2-4-8-18(16)19/h1-12,19,21H. The third-order valence-corrected chi connectivity index (χ3v) is 4.10. The number of carbonyl (C=O) groups is 1. The molecule has 3 aromatic carbocycles. The molecular formula is C20H14O3. The lowest BCUT2D eigenvalue weighted by Crippen LogP contribution is -2.10. The van der Waals surface area contributed by atoms with E-state index in [-0.39, 0.29) is 5.75 Å². The van der Waals surface area contributed by atoms with Crippen LogP contribution in [0.15, 0.2) is 72.8 Å². The summed E-state index contributed by atoms with van der Waals surface area (Å²) < 4.78 is 5.77. The molecule has 0 spiro atoms. The number of aromatic hydroxyl groups is 1. The molecule has 0 fully saturated rings. The number of hydrogen-bond acceptors (Lipinski definition) is 3. The number of ether oxygens (including phenoxy) is 1. The van der Waals surface area contributed by atoms with Gasteiger partial charge in [0, 0.05) is 11.1 Å². The van der Waals surface area contributed by atoms with Crippen LogP contribution < -0.4 is 0 Å². The van der Waals surface area contributed by atoms with Gasteiger partial charge in [0.05, 0.1) is 5.56 Å². The van der Waals surface area contributed by atoms with E-state index in [9.17, 15) is 9.90 Å². The van der Waals surface area contributed by atoms with Crippen LogP contribution >= 0.6 is 0 Å². The fraction of sp³-hybridized carbons (Fsp3) is 0.0500. The second-order valence-electron chi connectivity index (χ2n) is 5.51. The van der Waals surface area contributed by atoms with Gasteiger partial charge in [-0.05, 0) is 35.4 Å². The molecule has 0 saturated carbocycles. The predicted molar refractivity (Wildman–Crippen MR) is 87.2 cm³/mol. The Kier molecular flexibility index (Phi) is 3.12. The lowest BCUT2D eigenvalue weighted by Gasteiger charge is -2.15. The van der Waals surface area contributed by atoms with Gasteiger partial charge in [-0.1, -0.05) is 48.5 Å². The van der Waals surface area contributed by atoms with Gasteiger partial charge in [0.25, 0.3) is 0 Å². The largest absolute Gasteiger partial charge is 0.508 e. The molecule has 0 radical (unpaired) electrons. The van der Waals surface area contributed by atoms with Crippen molar-refractivity contribution in [2.45, 2.75) is 6.10 Å². The minimum atomic E-state index is -0.401. The van der Waals surface area contributed by atoms with Crippen molar-refractivity contribution in [3.05, 3.63) is 89.5 Å². The van der Waals surface area contributed by atoms with Gasteiger partial charge in [-0.25, -0.2) is 4.79 Å². The number of phenols is 1. The summed E-state index contributed by atoms with van der Waals surface area (Å²) >= 11 is 0. The van der Waals surface area contributed by atoms with E-state index in [0.29, 0.717) is 5.56 Å². The maximum atomic E-state index is 12.4. The van der Waals surface area contributed by atoms with Crippen LogP contribution in [0.2, 0.25) is 0 Å². The second-order valence-corrected chi connectivity index (χ2v) is 5.51. The van der Waals surface area contributed by atoms with Crippen molar-refractivity contribution in [2.24, 2.45) is 0 Å². The molecule has 0 aromatic heterocycles. The van der Waals surface area contributed by atoms with Crippen molar-refractivity contribution in [3.8, 4) is 16.9 Å². The highest BCUT2D eigenvalue weighted by atomic mass is 16.5. The monoisotopic (exact) mass is 302 g/mol. The van der Waals surface area contributed by atoms with Gasteiger partial charge < -0.3 is 9.84 Å². The predicted octanol–water partition coefficient (Wildman–Crippen LogP) is 4.32. The van der Waals surface area contributed by atoms with Gasteiger partial charge >= 0.3 is 5.97 Å². The highest BCUT2D eigenvalue weighted by Crippen LogP contribution is 2.45. The molecule has 112 valence electrons. The molecule has 3 aromatic rings. The Morgan fingerprint density at radius 1 is 0.783 bits per heavy atom. The number of hydrogen-bond donors (Lipinski definition) is 1. The third kappa shape index (κ3) is 2.27. The minimum Gasteiger partial charge on any atom is -0.508 e. The van der Waals surface area contributed by atoms with Gasteiger partial charge in [0.15, 0.2) is 6.10 Å². The number of benzene rings is 3. The molecule has 0 saturated heterocycles. The number of phenolic OH excluding ortho intramolecular Hbond substituents is 1. The van der Waals surface area contributed by atoms with Gasteiger partial charge in [-0.3, -0.25) is 0 Å². The first-order chi connectivity index (χ1) is 11.2. The Morgan fingerprint density at radius 2 is 1.30 bits per heavy atom. The van der Waals surface area contributed by atoms with Gasteiger partial charge in [0.2, 0.25) is 0 Å². The topological polar surface area (TPSA) is 46.5 Å².